The zero-order valence-corrected chi connectivity index (χ0v) is 17.0. The molecular formula is C20H19N5OS2. The molecule has 5 heterocycles. The number of rotatable bonds is 4. The van der Waals surface area contributed by atoms with Crippen molar-refractivity contribution in [2.24, 2.45) is 0 Å². The molecule has 3 atom stereocenters. The van der Waals surface area contributed by atoms with Gasteiger partial charge < -0.3 is 9.72 Å². The summed E-state index contributed by atoms with van der Waals surface area (Å²) in [7, 11) is 0. The Bertz CT molecular complexity index is 1130. The lowest BCUT2D eigenvalue weighted by atomic mass is 9.98. The van der Waals surface area contributed by atoms with Gasteiger partial charge >= 0.3 is 0 Å². The smallest absolute Gasteiger partial charge is 0.117 e. The number of hydrogen-bond donors (Lipinski definition) is 1. The second-order valence-electron chi connectivity index (χ2n) is 7.40. The van der Waals surface area contributed by atoms with Gasteiger partial charge in [-0.15, -0.1) is 22.7 Å². The van der Waals surface area contributed by atoms with E-state index >= 15 is 0 Å². The first-order valence-corrected chi connectivity index (χ1v) is 11.1. The average Bonchev–Trinajstić information content (AvgIpc) is 3.11. The number of nitrogens with one attached hydrogen (secondary N) is 1. The molecule has 1 aromatic carbocycles. The molecule has 6 rings (SSSR count). The third kappa shape index (κ3) is 2.71. The van der Waals surface area contributed by atoms with Crippen LogP contribution in [0.4, 0.5) is 0 Å². The van der Waals surface area contributed by atoms with E-state index in [0.29, 0.717) is 0 Å². The van der Waals surface area contributed by atoms with Gasteiger partial charge in [0.2, 0.25) is 0 Å². The van der Waals surface area contributed by atoms with Crippen LogP contribution in [0.5, 0.6) is 0 Å². The number of ether oxygens (including phenoxy) is 1. The molecule has 2 aliphatic heterocycles. The first-order chi connectivity index (χ1) is 13.8. The number of nitrogens with zero attached hydrogens (tertiary/aromatic N) is 4. The molecule has 3 aromatic heterocycles. The number of imidazole rings is 1. The Morgan fingerprint density at radius 2 is 2.29 bits per heavy atom. The summed E-state index contributed by atoms with van der Waals surface area (Å²) in [6.45, 7) is 3.86. The van der Waals surface area contributed by atoms with E-state index in [1.807, 2.05) is 18.0 Å². The highest BCUT2D eigenvalue weighted by atomic mass is 32.1. The topological polar surface area (TPSA) is 70.2 Å². The normalized spacial score (nSPS) is 23.0. The summed E-state index contributed by atoms with van der Waals surface area (Å²) in [5, 5.41) is 1.10. The summed E-state index contributed by atoms with van der Waals surface area (Å²) >= 11 is 3.47. The molecule has 4 aromatic rings. The summed E-state index contributed by atoms with van der Waals surface area (Å²) in [6, 6.07) is 6.72. The maximum absolute atomic E-state index is 5.77. The standard InChI is InChI=1S/C20H19N5OS2/c1-11-2-3-15-13(6-11)24-20(28-15)19-17-12(22-9-23-17)4-5-25(19)18(14-8-26-14)16-7-21-10-27-16/h2-3,6-7,9-10,14,18-19H,4-5,8H2,1H3,(H,22,23)/t14?,18?,19-/m0/s1. The number of H-pyrrole nitrogens is 1. The Kier molecular flexibility index (Phi) is 3.87. The quantitative estimate of drug-likeness (QED) is 0.518. The van der Waals surface area contributed by atoms with E-state index in [1.54, 1.807) is 22.7 Å². The maximum Gasteiger partial charge on any atom is 0.117 e. The summed E-state index contributed by atoms with van der Waals surface area (Å²) in [5.74, 6) is 0. The Hall–Kier alpha value is -2.13. The van der Waals surface area contributed by atoms with Gasteiger partial charge in [-0.2, -0.15) is 0 Å². The number of hydrogen-bond acceptors (Lipinski definition) is 7. The fraction of sp³-hybridized carbons (Fsp3) is 0.350. The van der Waals surface area contributed by atoms with Crippen LogP contribution in [0.2, 0.25) is 0 Å². The maximum atomic E-state index is 5.77. The number of aromatic nitrogens is 4. The third-order valence-electron chi connectivity index (χ3n) is 5.57. The van der Waals surface area contributed by atoms with E-state index in [1.165, 1.54) is 20.8 Å². The van der Waals surface area contributed by atoms with Gasteiger partial charge in [0.1, 0.15) is 17.2 Å². The van der Waals surface area contributed by atoms with Crippen molar-refractivity contribution in [3.8, 4) is 0 Å². The fourth-order valence-corrected chi connectivity index (χ4v) is 6.06. The summed E-state index contributed by atoms with van der Waals surface area (Å²) in [5.41, 5.74) is 6.52. The van der Waals surface area contributed by atoms with E-state index in [0.717, 1.165) is 35.8 Å². The fourth-order valence-electron chi connectivity index (χ4n) is 4.20. The summed E-state index contributed by atoms with van der Waals surface area (Å²) in [4.78, 5) is 21.2. The summed E-state index contributed by atoms with van der Waals surface area (Å²) < 4.78 is 6.99. The highest BCUT2D eigenvalue weighted by molar-refractivity contribution is 7.18. The first kappa shape index (κ1) is 16.8. The van der Waals surface area contributed by atoms with Crippen LogP contribution in [0.25, 0.3) is 10.2 Å². The van der Waals surface area contributed by atoms with Crippen LogP contribution in [0.3, 0.4) is 0 Å². The molecule has 1 N–H and O–H groups in total. The highest BCUT2D eigenvalue weighted by Gasteiger charge is 2.45. The molecule has 2 aliphatic rings. The minimum atomic E-state index is 0.0315. The van der Waals surface area contributed by atoms with Crippen LogP contribution in [-0.4, -0.2) is 44.1 Å². The van der Waals surface area contributed by atoms with Gasteiger partial charge in [0, 0.05) is 29.7 Å². The largest absolute Gasteiger partial charge is 0.371 e. The average molecular weight is 410 g/mol. The molecule has 1 fully saturated rings. The molecule has 8 heteroatoms. The van der Waals surface area contributed by atoms with E-state index < -0.39 is 0 Å². The van der Waals surface area contributed by atoms with Crippen LogP contribution in [0.1, 0.15) is 38.9 Å². The number of thiazole rings is 2. The molecule has 0 bridgehead atoms. The van der Waals surface area contributed by atoms with Crippen LogP contribution in [-0.2, 0) is 11.2 Å². The molecule has 0 spiro atoms. The van der Waals surface area contributed by atoms with E-state index in [2.05, 4.69) is 40.0 Å². The highest BCUT2D eigenvalue weighted by Crippen LogP contribution is 2.45. The van der Waals surface area contributed by atoms with Crippen molar-refractivity contribution in [3.63, 3.8) is 0 Å². The molecule has 0 saturated carbocycles. The first-order valence-electron chi connectivity index (χ1n) is 9.43. The molecule has 1 saturated heterocycles. The van der Waals surface area contributed by atoms with Crippen LogP contribution >= 0.6 is 22.7 Å². The van der Waals surface area contributed by atoms with Gasteiger partial charge in [0.05, 0.1) is 40.4 Å². The molecule has 142 valence electrons. The molecule has 0 aliphatic carbocycles. The predicted octanol–water partition coefficient (Wildman–Crippen LogP) is 3.87. The lowest BCUT2D eigenvalue weighted by molar-refractivity contribution is 0.118. The zero-order chi connectivity index (χ0) is 18.7. The monoisotopic (exact) mass is 409 g/mol. The van der Waals surface area contributed by atoms with Crippen LogP contribution < -0.4 is 0 Å². The lowest BCUT2D eigenvalue weighted by Crippen LogP contribution is -2.41. The van der Waals surface area contributed by atoms with E-state index in [4.69, 9.17) is 14.7 Å². The number of aromatic amines is 1. The van der Waals surface area contributed by atoms with Crippen LogP contribution in [0.15, 0.2) is 36.2 Å². The van der Waals surface area contributed by atoms with Gasteiger partial charge in [-0.05, 0) is 24.6 Å². The van der Waals surface area contributed by atoms with Gasteiger partial charge in [0.15, 0.2) is 0 Å². The minimum absolute atomic E-state index is 0.0315. The lowest BCUT2D eigenvalue weighted by Gasteiger charge is -2.38. The Morgan fingerprint density at radius 3 is 3.11 bits per heavy atom. The van der Waals surface area contributed by atoms with Crippen molar-refractivity contribution in [1.82, 2.24) is 24.8 Å². The second-order valence-corrected chi connectivity index (χ2v) is 9.38. The number of benzene rings is 1. The Balaban J connectivity index is 1.50. The van der Waals surface area contributed by atoms with Gasteiger partial charge in [-0.3, -0.25) is 9.88 Å². The number of epoxide rings is 1. The van der Waals surface area contributed by atoms with E-state index in [-0.39, 0.29) is 18.2 Å². The van der Waals surface area contributed by atoms with Crippen molar-refractivity contribution in [2.75, 3.05) is 13.2 Å². The molecule has 2 unspecified atom stereocenters. The van der Waals surface area contributed by atoms with Crippen molar-refractivity contribution < 1.29 is 4.74 Å². The van der Waals surface area contributed by atoms with Gasteiger partial charge in [0.25, 0.3) is 0 Å². The van der Waals surface area contributed by atoms with Crippen LogP contribution in [0, 0.1) is 6.92 Å². The number of aryl methyl sites for hydroxylation is 1. The Morgan fingerprint density at radius 1 is 1.36 bits per heavy atom. The van der Waals surface area contributed by atoms with Crippen molar-refractivity contribution >= 4 is 32.9 Å². The van der Waals surface area contributed by atoms with Crippen molar-refractivity contribution in [3.05, 3.63) is 63.1 Å². The number of fused-ring (bicyclic) bond motifs is 2. The van der Waals surface area contributed by atoms with Gasteiger partial charge in [-0.1, -0.05) is 6.07 Å². The second kappa shape index (κ2) is 6.45. The molecular weight excluding hydrogens is 390 g/mol. The SMILES string of the molecule is Cc1ccc2sc([C@@H]3c4nc[nH]c4CCN3C(c3cncs3)C3CO3)nc2c1. The molecule has 0 amide bonds. The van der Waals surface area contributed by atoms with Gasteiger partial charge in [-0.25, -0.2) is 9.97 Å². The summed E-state index contributed by atoms with van der Waals surface area (Å²) in [6.07, 6.45) is 4.97. The molecule has 0 radical (unpaired) electrons. The predicted molar refractivity (Wildman–Crippen MR) is 110 cm³/mol. The minimum Gasteiger partial charge on any atom is -0.371 e. The Labute approximate surface area is 170 Å². The molecule has 28 heavy (non-hydrogen) atoms. The van der Waals surface area contributed by atoms with Crippen molar-refractivity contribution in [1.29, 1.82) is 0 Å². The molecule has 6 nitrogen and oxygen atoms in total. The van der Waals surface area contributed by atoms with E-state index in [9.17, 15) is 0 Å². The third-order valence-corrected chi connectivity index (χ3v) is 7.50. The van der Waals surface area contributed by atoms with Crippen molar-refractivity contribution in [2.45, 2.75) is 31.5 Å². The zero-order valence-electron chi connectivity index (χ0n) is 15.3.